The SMILES string of the molecule is CP(C)(=O)c1ccc(OC(F)(F)F)cc1N. The first-order valence-electron chi connectivity index (χ1n) is 4.30. The lowest BCUT2D eigenvalue weighted by molar-refractivity contribution is -0.274. The fourth-order valence-electron chi connectivity index (χ4n) is 1.22. The zero-order valence-corrected chi connectivity index (χ0v) is 9.60. The molecule has 2 N–H and O–H groups in total. The molecule has 0 bridgehead atoms. The molecule has 0 heterocycles. The number of hydrogen-bond donors (Lipinski definition) is 1. The first kappa shape index (κ1) is 12.9. The predicted octanol–water partition coefficient (Wildman–Crippen LogP) is 2.42. The minimum atomic E-state index is -4.75. The van der Waals surface area contributed by atoms with E-state index in [2.05, 4.69) is 4.74 Å². The number of rotatable bonds is 2. The Hall–Kier alpha value is -1.16. The highest BCUT2D eigenvalue weighted by molar-refractivity contribution is 7.70. The lowest BCUT2D eigenvalue weighted by atomic mass is 10.3. The third-order valence-electron chi connectivity index (χ3n) is 1.81. The minimum Gasteiger partial charge on any atom is -0.406 e. The van der Waals surface area contributed by atoms with E-state index in [1.165, 1.54) is 19.4 Å². The van der Waals surface area contributed by atoms with E-state index in [-0.39, 0.29) is 5.69 Å². The molecule has 1 rings (SSSR count). The summed E-state index contributed by atoms with van der Waals surface area (Å²) in [5, 5.41) is 0.349. The van der Waals surface area contributed by atoms with E-state index in [1.54, 1.807) is 0 Å². The average Bonchev–Trinajstić information content (AvgIpc) is 1.97. The molecule has 7 heteroatoms. The van der Waals surface area contributed by atoms with Crippen LogP contribution in [0.25, 0.3) is 0 Å². The van der Waals surface area contributed by atoms with Crippen LogP contribution in [0.3, 0.4) is 0 Å². The number of hydrogen-bond acceptors (Lipinski definition) is 3. The summed E-state index contributed by atoms with van der Waals surface area (Å²) in [6.07, 6.45) is -4.75. The van der Waals surface area contributed by atoms with Gasteiger partial charge in [0, 0.05) is 17.1 Å². The van der Waals surface area contributed by atoms with E-state index < -0.39 is 19.3 Å². The van der Waals surface area contributed by atoms with E-state index in [0.717, 1.165) is 12.1 Å². The minimum absolute atomic E-state index is 0.0371. The second kappa shape index (κ2) is 4.01. The van der Waals surface area contributed by atoms with Gasteiger partial charge in [-0.3, -0.25) is 0 Å². The van der Waals surface area contributed by atoms with Crippen molar-refractivity contribution in [3.63, 3.8) is 0 Å². The van der Waals surface area contributed by atoms with Crippen LogP contribution in [0.1, 0.15) is 0 Å². The van der Waals surface area contributed by atoms with Crippen molar-refractivity contribution in [2.45, 2.75) is 6.36 Å². The van der Waals surface area contributed by atoms with Crippen LogP contribution in [-0.4, -0.2) is 19.7 Å². The Balaban J connectivity index is 3.06. The van der Waals surface area contributed by atoms with Crippen LogP contribution < -0.4 is 15.8 Å². The molecular weight excluding hydrogens is 242 g/mol. The van der Waals surface area contributed by atoms with Gasteiger partial charge in [0.05, 0.1) is 0 Å². The van der Waals surface area contributed by atoms with Crippen LogP contribution >= 0.6 is 7.14 Å². The molecular formula is C9H11F3NO2P. The first-order chi connectivity index (χ1) is 7.09. The largest absolute Gasteiger partial charge is 0.573 e. The summed E-state index contributed by atoms with van der Waals surface area (Å²) in [4.78, 5) is 0. The molecule has 0 spiro atoms. The average molecular weight is 253 g/mol. The Bertz CT molecular complexity index is 439. The first-order valence-corrected chi connectivity index (χ1v) is 6.90. The fraction of sp³-hybridized carbons (Fsp3) is 0.333. The van der Waals surface area contributed by atoms with E-state index in [4.69, 9.17) is 5.73 Å². The molecule has 0 aliphatic heterocycles. The second-order valence-corrected chi connectivity index (χ2v) is 6.80. The number of anilines is 1. The van der Waals surface area contributed by atoms with Gasteiger partial charge in [-0.1, -0.05) is 0 Å². The van der Waals surface area contributed by atoms with Gasteiger partial charge >= 0.3 is 6.36 Å². The Morgan fingerprint density at radius 3 is 2.25 bits per heavy atom. The maximum atomic E-state index is 11.9. The molecule has 0 aromatic heterocycles. The van der Waals surface area contributed by atoms with Crippen molar-refractivity contribution in [1.82, 2.24) is 0 Å². The van der Waals surface area contributed by atoms with E-state index in [0.29, 0.717) is 5.30 Å². The summed E-state index contributed by atoms with van der Waals surface area (Å²) in [6, 6.07) is 3.40. The summed E-state index contributed by atoms with van der Waals surface area (Å²) >= 11 is 0. The van der Waals surface area contributed by atoms with Crippen LogP contribution in [0.2, 0.25) is 0 Å². The molecule has 0 saturated heterocycles. The summed E-state index contributed by atoms with van der Waals surface area (Å²) in [5.41, 5.74) is 5.54. The zero-order valence-electron chi connectivity index (χ0n) is 8.71. The maximum Gasteiger partial charge on any atom is 0.573 e. The highest BCUT2D eigenvalue weighted by Gasteiger charge is 2.31. The standard InChI is InChI=1S/C9H11F3NO2P/c1-16(2,14)8-4-3-6(5-7(8)13)15-9(10,11)12/h3-5H,13H2,1-2H3. The van der Waals surface area contributed by atoms with Crippen LogP contribution in [0, 0.1) is 0 Å². The molecule has 16 heavy (non-hydrogen) atoms. The van der Waals surface area contributed by atoms with Crippen molar-refractivity contribution in [1.29, 1.82) is 0 Å². The van der Waals surface area contributed by atoms with Gasteiger partial charge in [-0.05, 0) is 25.5 Å². The summed E-state index contributed by atoms with van der Waals surface area (Å²) in [7, 11) is -2.59. The lowest BCUT2D eigenvalue weighted by Gasteiger charge is -2.13. The summed E-state index contributed by atoms with van der Waals surface area (Å²) in [6.45, 7) is 2.98. The Labute approximate surface area is 90.8 Å². The third-order valence-corrected chi connectivity index (χ3v) is 3.38. The number of benzene rings is 1. The number of nitrogen functional groups attached to an aromatic ring is 1. The van der Waals surface area contributed by atoms with Crippen LogP contribution in [0.15, 0.2) is 18.2 Å². The lowest BCUT2D eigenvalue weighted by Crippen LogP contribution is -2.18. The molecule has 0 atom stereocenters. The zero-order chi connectivity index (χ0) is 12.6. The van der Waals surface area contributed by atoms with Gasteiger partial charge < -0.3 is 15.0 Å². The van der Waals surface area contributed by atoms with E-state index in [9.17, 15) is 17.7 Å². The molecule has 0 aliphatic carbocycles. The number of nitrogens with two attached hydrogens (primary N) is 1. The van der Waals surface area contributed by atoms with E-state index in [1.807, 2.05) is 0 Å². The van der Waals surface area contributed by atoms with E-state index >= 15 is 0 Å². The number of ether oxygens (including phenoxy) is 1. The Kier molecular flexibility index (Phi) is 3.24. The fourth-order valence-corrected chi connectivity index (χ4v) is 2.34. The predicted molar refractivity (Wildman–Crippen MR) is 56.6 cm³/mol. The van der Waals surface area contributed by atoms with Crippen molar-refractivity contribution in [3.8, 4) is 5.75 Å². The molecule has 0 radical (unpaired) electrons. The molecule has 1 aromatic rings. The van der Waals surface area contributed by atoms with Crippen molar-refractivity contribution >= 4 is 18.1 Å². The van der Waals surface area contributed by atoms with Crippen molar-refractivity contribution in [3.05, 3.63) is 18.2 Å². The topological polar surface area (TPSA) is 52.3 Å². The highest BCUT2D eigenvalue weighted by atomic mass is 31.2. The molecule has 1 aromatic carbocycles. The Morgan fingerprint density at radius 2 is 1.88 bits per heavy atom. The van der Waals surface area contributed by atoms with Gasteiger partial charge in [-0.15, -0.1) is 13.2 Å². The molecule has 90 valence electrons. The van der Waals surface area contributed by atoms with Crippen molar-refractivity contribution in [2.24, 2.45) is 0 Å². The summed E-state index contributed by atoms with van der Waals surface area (Å²) in [5.74, 6) is -0.415. The van der Waals surface area contributed by atoms with Crippen LogP contribution in [-0.2, 0) is 4.57 Å². The Morgan fingerprint density at radius 1 is 1.31 bits per heavy atom. The number of halogens is 3. The van der Waals surface area contributed by atoms with Gasteiger partial charge in [0.1, 0.15) is 12.9 Å². The van der Waals surface area contributed by atoms with Gasteiger partial charge in [0.15, 0.2) is 0 Å². The van der Waals surface area contributed by atoms with Crippen LogP contribution in [0.4, 0.5) is 18.9 Å². The molecule has 0 unspecified atom stereocenters. The highest BCUT2D eigenvalue weighted by Crippen LogP contribution is 2.38. The van der Waals surface area contributed by atoms with Gasteiger partial charge in [0.25, 0.3) is 0 Å². The van der Waals surface area contributed by atoms with Crippen molar-refractivity contribution in [2.75, 3.05) is 19.1 Å². The smallest absolute Gasteiger partial charge is 0.406 e. The second-order valence-electron chi connectivity index (χ2n) is 3.62. The molecule has 3 nitrogen and oxygen atoms in total. The molecule has 0 fully saturated rings. The molecule has 0 amide bonds. The monoisotopic (exact) mass is 253 g/mol. The number of alkyl halides is 3. The van der Waals surface area contributed by atoms with Crippen molar-refractivity contribution < 1.29 is 22.5 Å². The maximum absolute atomic E-state index is 11.9. The summed E-state index contributed by atoms with van der Waals surface area (Å²) < 4.78 is 51.0. The molecule has 0 saturated carbocycles. The van der Waals surface area contributed by atoms with Gasteiger partial charge in [-0.2, -0.15) is 0 Å². The van der Waals surface area contributed by atoms with Gasteiger partial charge in [0.2, 0.25) is 0 Å². The normalized spacial score (nSPS) is 12.6. The quantitative estimate of drug-likeness (QED) is 0.650. The molecule has 0 aliphatic rings. The van der Waals surface area contributed by atoms with Gasteiger partial charge in [-0.25, -0.2) is 0 Å². The third kappa shape index (κ3) is 3.45. The van der Waals surface area contributed by atoms with Crippen LogP contribution in [0.5, 0.6) is 5.75 Å².